The lowest BCUT2D eigenvalue weighted by atomic mass is 9.96. The molecule has 130 valence electrons. The van der Waals surface area contributed by atoms with E-state index in [0.29, 0.717) is 29.5 Å². The molecule has 1 aliphatic rings. The first-order chi connectivity index (χ1) is 12.0. The van der Waals surface area contributed by atoms with Crippen LogP contribution < -0.4 is 5.32 Å². The lowest BCUT2D eigenvalue weighted by Gasteiger charge is -2.32. The molecule has 1 aromatic carbocycles. The van der Waals surface area contributed by atoms with Crippen molar-refractivity contribution in [2.45, 2.75) is 19.8 Å². The second-order valence-corrected chi connectivity index (χ2v) is 6.74. The number of amides is 2. The van der Waals surface area contributed by atoms with E-state index in [2.05, 4.69) is 10.3 Å². The third-order valence-electron chi connectivity index (χ3n) is 4.36. The molecule has 3 rings (SSSR count). The number of anilines is 1. The predicted molar refractivity (Wildman–Crippen MR) is 97.7 cm³/mol. The first-order valence-electron chi connectivity index (χ1n) is 8.31. The molecule has 1 aromatic heterocycles. The zero-order valence-corrected chi connectivity index (χ0v) is 14.8. The number of aromatic nitrogens is 1. The van der Waals surface area contributed by atoms with Gasteiger partial charge < -0.3 is 10.2 Å². The molecule has 0 radical (unpaired) electrons. The van der Waals surface area contributed by atoms with Crippen molar-refractivity contribution in [3.8, 4) is 0 Å². The largest absolute Gasteiger partial charge is 0.338 e. The average Bonchev–Trinajstić information content (AvgIpc) is 2.64. The lowest BCUT2D eigenvalue weighted by molar-refractivity contribution is -0.121. The second-order valence-electron chi connectivity index (χ2n) is 6.31. The Morgan fingerprint density at radius 1 is 1.20 bits per heavy atom. The molecule has 0 saturated carbocycles. The summed E-state index contributed by atoms with van der Waals surface area (Å²) in [5.41, 5.74) is 1.77. The highest BCUT2D eigenvalue weighted by Crippen LogP contribution is 2.21. The van der Waals surface area contributed by atoms with Crippen LogP contribution in [0.25, 0.3) is 0 Å². The molecular weight excluding hydrogens is 338 g/mol. The number of benzene rings is 1. The van der Waals surface area contributed by atoms with E-state index in [-0.39, 0.29) is 17.7 Å². The van der Waals surface area contributed by atoms with Crippen molar-refractivity contribution in [2.24, 2.45) is 5.92 Å². The van der Waals surface area contributed by atoms with E-state index in [9.17, 15) is 9.59 Å². The molecular formula is C19H20ClN3O2. The molecule has 1 N–H and O–H groups in total. The minimum Gasteiger partial charge on any atom is -0.338 e. The number of aryl methyl sites for hydroxylation is 1. The number of nitrogens with zero attached hydrogens (tertiary/aromatic N) is 2. The van der Waals surface area contributed by atoms with Crippen LogP contribution in [0, 0.1) is 12.8 Å². The summed E-state index contributed by atoms with van der Waals surface area (Å²) in [6.07, 6.45) is 3.06. The quantitative estimate of drug-likeness (QED) is 0.913. The summed E-state index contributed by atoms with van der Waals surface area (Å²) in [6, 6.07) is 10.9. The minimum absolute atomic E-state index is 0.0258. The molecule has 25 heavy (non-hydrogen) atoms. The van der Waals surface area contributed by atoms with Gasteiger partial charge in [0.1, 0.15) is 5.82 Å². The number of hydrogen-bond donors (Lipinski definition) is 1. The zero-order valence-electron chi connectivity index (χ0n) is 14.0. The summed E-state index contributed by atoms with van der Waals surface area (Å²) in [4.78, 5) is 31.0. The van der Waals surface area contributed by atoms with Gasteiger partial charge >= 0.3 is 0 Å². The smallest absolute Gasteiger partial charge is 0.253 e. The van der Waals surface area contributed by atoms with E-state index < -0.39 is 0 Å². The third kappa shape index (κ3) is 4.37. The monoisotopic (exact) mass is 357 g/mol. The number of nitrogens with one attached hydrogen (secondary N) is 1. The topological polar surface area (TPSA) is 62.3 Å². The maximum atomic E-state index is 12.6. The van der Waals surface area contributed by atoms with Crippen LogP contribution in [0.1, 0.15) is 28.8 Å². The van der Waals surface area contributed by atoms with Crippen molar-refractivity contribution >= 4 is 29.2 Å². The second kappa shape index (κ2) is 7.66. The fourth-order valence-electron chi connectivity index (χ4n) is 2.93. The normalized spacial score (nSPS) is 17.2. The van der Waals surface area contributed by atoms with Crippen LogP contribution in [-0.4, -0.2) is 34.8 Å². The molecule has 1 atom stereocenters. The van der Waals surface area contributed by atoms with E-state index in [4.69, 9.17) is 11.6 Å². The Morgan fingerprint density at radius 3 is 2.64 bits per heavy atom. The van der Waals surface area contributed by atoms with Gasteiger partial charge in [0.05, 0.1) is 10.9 Å². The van der Waals surface area contributed by atoms with Crippen LogP contribution in [0.15, 0.2) is 42.6 Å². The molecule has 1 saturated heterocycles. The molecule has 2 aromatic rings. The number of piperidine rings is 1. The molecule has 0 spiro atoms. The van der Waals surface area contributed by atoms with Crippen molar-refractivity contribution in [1.82, 2.24) is 9.88 Å². The van der Waals surface area contributed by atoms with Crippen LogP contribution in [0.5, 0.6) is 0 Å². The summed E-state index contributed by atoms with van der Waals surface area (Å²) in [6.45, 7) is 3.09. The third-order valence-corrected chi connectivity index (χ3v) is 4.58. The molecule has 6 heteroatoms. The molecule has 0 aliphatic carbocycles. The Bertz CT molecular complexity index is 759. The first-order valence-corrected chi connectivity index (χ1v) is 8.69. The van der Waals surface area contributed by atoms with Crippen LogP contribution >= 0.6 is 11.6 Å². The zero-order chi connectivity index (χ0) is 17.8. The Kier molecular flexibility index (Phi) is 5.34. The number of halogens is 1. The molecule has 0 bridgehead atoms. The van der Waals surface area contributed by atoms with Gasteiger partial charge in [-0.15, -0.1) is 0 Å². The summed E-state index contributed by atoms with van der Waals surface area (Å²) in [5.74, 6) is 0.0929. The van der Waals surface area contributed by atoms with Crippen molar-refractivity contribution in [3.63, 3.8) is 0 Å². The Balaban J connectivity index is 1.63. The van der Waals surface area contributed by atoms with Gasteiger partial charge in [-0.1, -0.05) is 29.3 Å². The fourth-order valence-corrected chi connectivity index (χ4v) is 3.04. The van der Waals surface area contributed by atoms with Crippen LogP contribution in [0.4, 0.5) is 5.82 Å². The van der Waals surface area contributed by atoms with Gasteiger partial charge in [0.2, 0.25) is 5.91 Å². The average molecular weight is 358 g/mol. The highest BCUT2D eigenvalue weighted by molar-refractivity contribution is 6.30. The van der Waals surface area contributed by atoms with E-state index in [1.807, 2.05) is 31.2 Å². The minimum atomic E-state index is -0.236. The molecule has 5 nitrogen and oxygen atoms in total. The Morgan fingerprint density at radius 2 is 1.96 bits per heavy atom. The van der Waals surface area contributed by atoms with E-state index in [1.54, 1.807) is 17.0 Å². The van der Waals surface area contributed by atoms with Gasteiger partial charge in [-0.25, -0.2) is 4.98 Å². The van der Waals surface area contributed by atoms with E-state index in [0.717, 1.165) is 18.4 Å². The van der Waals surface area contributed by atoms with Crippen LogP contribution in [0.3, 0.4) is 0 Å². The number of hydrogen-bond acceptors (Lipinski definition) is 3. The number of pyridine rings is 1. The summed E-state index contributed by atoms with van der Waals surface area (Å²) >= 11 is 5.80. The Labute approximate surface area is 152 Å². The summed E-state index contributed by atoms with van der Waals surface area (Å²) in [5, 5.41) is 3.32. The number of carbonyl (C=O) groups is 2. The van der Waals surface area contributed by atoms with Gasteiger partial charge in [0, 0.05) is 24.8 Å². The van der Waals surface area contributed by atoms with Crippen molar-refractivity contribution in [1.29, 1.82) is 0 Å². The summed E-state index contributed by atoms with van der Waals surface area (Å²) < 4.78 is 0. The SMILES string of the molecule is Cc1ccc(C(=O)N2CCC[C@H](C(=O)Nc3ccc(Cl)cn3)C2)cc1. The molecule has 2 heterocycles. The maximum absolute atomic E-state index is 12.6. The standard InChI is InChI=1S/C19H20ClN3O2/c1-13-4-6-14(7-5-13)19(25)23-10-2-3-15(12-23)18(24)22-17-9-8-16(20)11-21-17/h4-9,11,15H,2-3,10,12H2,1H3,(H,21,22,24)/t15-/m0/s1. The highest BCUT2D eigenvalue weighted by Gasteiger charge is 2.29. The molecule has 1 aliphatic heterocycles. The molecule has 2 amide bonds. The lowest BCUT2D eigenvalue weighted by Crippen LogP contribution is -2.43. The molecule has 1 fully saturated rings. The van der Waals surface area contributed by atoms with E-state index in [1.165, 1.54) is 6.20 Å². The number of rotatable bonds is 3. The van der Waals surface area contributed by atoms with Gasteiger partial charge in [0.25, 0.3) is 5.91 Å². The van der Waals surface area contributed by atoms with Crippen molar-refractivity contribution < 1.29 is 9.59 Å². The van der Waals surface area contributed by atoms with Gasteiger partial charge in [0.15, 0.2) is 0 Å². The van der Waals surface area contributed by atoms with Crippen LogP contribution in [-0.2, 0) is 4.79 Å². The van der Waals surface area contributed by atoms with Gasteiger partial charge in [-0.05, 0) is 44.0 Å². The first kappa shape index (κ1) is 17.4. The van der Waals surface area contributed by atoms with Crippen molar-refractivity contribution in [2.75, 3.05) is 18.4 Å². The fraction of sp³-hybridized carbons (Fsp3) is 0.316. The van der Waals surface area contributed by atoms with Gasteiger partial charge in [-0.2, -0.15) is 0 Å². The number of carbonyl (C=O) groups excluding carboxylic acids is 2. The maximum Gasteiger partial charge on any atom is 0.253 e. The molecule has 0 unspecified atom stereocenters. The van der Waals surface area contributed by atoms with Crippen LogP contribution in [0.2, 0.25) is 5.02 Å². The van der Waals surface area contributed by atoms with E-state index >= 15 is 0 Å². The van der Waals surface area contributed by atoms with Crippen molar-refractivity contribution in [3.05, 3.63) is 58.7 Å². The Hall–Kier alpha value is -2.40. The number of likely N-dealkylation sites (tertiary alicyclic amines) is 1. The summed E-state index contributed by atoms with van der Waals surface area (Å²) in [7, 11) is 0. The predicted octanol–water partition coefficient (Wildman–Crippen LogP) is 3.53. The van der Waals surface area contributed by atoms with Gasteiger partial charge in [-0.3, -0.25) is 9.59 Å². The highest BCUT2D eigenvalue weighted by atomic mass is 35.5.